The SMILES string of the molecule is Cc1ccc(S(=O)(=O)NC(=O)c2cc(C3CC3)oc2C2CC2)cn1. The Hall–Kier alpha value is -2.15. The van der Waals surface area contributed by atoms with Gasteiger partial charge in [0.05, 0.1) is 5.56 Å². The number of carbonyl (C=O) groups excluding carboxylic acids is 1. The van der Waals surface area contributed by atoms with Gasteiger partial charge >= 0.3 is 0 Å². The van der Waals surface area contributed by atoms with Crippen molar-refractivity contribution in [1.82, 2.24) is 9.71 Å². The number of sulfonamides is 1. The molecule has 0 aliphatic heterocycles. The molecule has 0 unspecified atom stereocenters. The second-order valence-electron chi connectivity index (χ2n) is 6.55. The summed E-state index contributed by atoms with van der Waals surface area (Å²) in [5, 5.41) is 0. The van der Waals surface area contributed by atoms with Gasteiger partial charge in [-0.15, -0.1) is 0 Å². The van der Waals surface area contributed by atoms with E-state index in [4.69, 9.17) is 4.42 Å². The minimum atomic E-state index is -3.95. The fourth-order valence-electron chi connectivity index (χ4n) is 2.67. The van der Waals surface area contributed by atoms with Crippen LogP contribution in [-0.2, 0) is 10.0 Å². The van der Waals surface area contributed by atoms with E-state index in [1.165, 1.54) is 12.3 Å². The highest BCUT2D eigenvalue weighted by atomic mass is 32.2. The molecule has 0 atom stereocenters. The molecule has 7 heteroatoms. The number of pyridine rings is 1. The Labute approximate surface area is 140 Å². The van der Waals surface area contributed by atoms with Gasteiger partial charge in [0.15, 0.2) is 0 Å². The molecule has 2 heterocycles. The third-order valence-corrected chi connectivity index (χ3v) is 5.69. The van der Waals surface area contributed by atoms with Crippen molar-refractivity contribution in [2.24, 2.45) is 0 Å². The van der Waals surface area contributed by atoms with Crippen LogP contribution in [0.3, 0.4) is 0 Å². The van der Waals surface area contributed by atoms with Crippen LogP contribution in [0.2, 0.25) is 0 Å². The van der Waals surface area contributed by atoms with Crippen molar-refractivity contribution < 1.29 is 17.6 Å². The molecule has 2 aliphatic rings. The molecule has 2 fully saturated rings. The number of aromatic nitrogens is 1. The average Bonchev–Trinajstić information content (AvgIpc) is 3.45. The lowest BCUT2D eigenvalue weighted by Crippen LogP contribution is -2.31. The van der Waals surface area contributed by atoms with Gasteiger partial charge in [-0.25, -0.2) is 13.1 Å². The fraction of sp³-hybridized carbons (Fsp3) is 0.412. The van der Waals surface area contributed by atoms with E-state index >= 15 is 0 Å². The van der Waals surface area contributed by atoms with Crippen LogP contribution in [0, 0.1) is 6.92 Å². The molecule has 1 N–H and O–H groups in total. The van der Waals surface area contributed by atoms with Crippen LogP contribution in [-0.4, -0.2) is 19.3 Å². The number of amides is 1. The first-order valence-corrected chi connectivity index (χ1v) is 9.56. The highest BCUT2D eigenvalue weighted by Crippen LogP contribution is 2.47. The number of furan rings is 1. The lowest BCUT2D eigenvalue weighted by molar-refractivity contribution is 0.0979. The van der Waals surface area contributed by atoms with Crippen LogP contribution in [0.25, 0.3) is 0 Å². The van der Waals surface area contributed by atoms with Gasteiger partial charge in [0.2, 0.25) is 0 Å². The second kappa shape index (κ2) is 5.44. The van der Waals surface area contributed by atoms with E-state index in [2.05, 4.69) is 9.71 Å². The lowest BCUT2D eigenvalue weighted by Gasteiger charge is -2.06. The van der Waals surface area contributed by atoms with Crippen LogP contribution in [0.5, 0.6) is 0 Å². The summed E-state index contributed by atoms with van der Waals surface area (Å²) in [7, 11) is -3.95. The fourth-order valence-corrected chi connectivity index (χ4v) is 3.58. The molecule has 1 amide bonds. The van der Waals surface area contributed by atoms with Crippen LogP contribution < -0.4 is 4.72 Å². The molecule has 0 radical (unpaired) electrons. The summed E-state index contributed by atoms with van der Waals surface area (Å²) >= 11 is 0. The van der Waals surface area contributed by atoms with Gasteiger partial charge in [-0.2, -0.15) is 0 Å². The molecule has 2 saturated carbocycles. The maximum Gasteiger partial charge on any atom is 0.268 e. The van der Waals surface area contributed by atoms with Gasteiger partial charge in [0.25, 0.3) is 15.9 Å². The number of nitrogens with one attached hydrogen (secondary N) is 1. The molecular formula is C17H18N2O4S. The molecule has 4 rings (SSSR count). The Morgan fingerprint density at radius 2 is 1.92 bits per heavy atom. The van der Waals surface area contributed by atoms with E-state index in [-0.39, 0.29) is 10.8 Å². The Morgan fingerprint density at radius 3 is 2.50 bits per heavy atom. The smallest absolute Gasteiger partial charge is 0.268 e. The largest absolute Gasteiger partial charge is 0.465 e. The second-order valence-corrected chi connectivity index (χ2v) is 8.23. The zero-order chi connectivity index (χ0) is 16.9. The van der Waals surface area contributed by atoms with Crippen molar-refractivity contribution in [2.75, 3.05) is 0 Å². The van der Waals surface area contributed by atoms with Crippen molar-refractivity contribution >= 4 is 15.9 Å². The molecule has 126 valence electrons. The summed E-state index contributed by atoms with van der Waals surface area (Å²) in [6, 6.07) is 4.74. The lowest BCUT2D eigenvalue weighted by atomic mass is 10.1. The van der Waals surface area contributed by atoms with Gasteiger partial charge in [-0.3, -0.25) is 9.78 Å². The minimum absolute atomic E-state index is 0.0275. The summed E-state index contributed by atoms with van der Waals surface area (Å²) in [6.07, 6.45) is 5.33. The molecule has 2 aliphatic carbocycles. The van der Waals surface area contributed by atoms with Crippen molar-refractivity contribution in [3.8, 4) is 0 Å². The minimum Gasteiger partial charge on any atom is -0.465 e. The van der Waals surface area contributed by atoms with Crippen molar-refractivity contribution in [3.63, 3.8) is 0 Å². The number of nitrogens with zero attached hydrogens (tertiary/aromatic N) is 1. The van der Waals surface area contributed by atoms with Gasteiger partial charge in [0.1, 0.15) is 16.4 Å². The van der Waals surface area contributed by atoms with Crippen molar-refractivity contribution in [3.05, 3.63) is 47.2 Å². The molecule has 0 saturated heterocycles. The zero-order valence-electron chi connectivity index (χ0n) is 13.3. The highest BCUT2D eigenvalue weighted by molar-refractivity contribution is 7.90. The highest BCUT2D eigenvalue weighted by Gasteiger charge is 2.36. The number of rotatable bonds is 5. The van der Waals surface area contributed by atoms with E-state index < -0.39 is 15.9 Å². The molecule has 0 bridgehead atoms. The van der Waals surface area contributed by atoms with E-state index in [0.29, 0.717) is 22.9 Å². The summed E-state index contributed by atoms with van der Waals surface area (Å²) in [5.74, 6) is 1.42. The molecule has 0 aromatic carbocycles. The normalized spacial score (nSPS) is 17.7. The third-order valence-electron chi connectivity index (χ3n) is 4.37. The summed E-state index contributed by atoms with van der Waals surface area (Å²) < 4.78 is 32.7. The first-order valence-electron chi connectivity index (χ1n) is 8.07. The van der Waals surface area contributed by atoms with Crippen LogP contribution in [0.1, 0.15) is 65.1 Å². The standard InChI is InChI=1S/C17H18N2O4S/c1-10-2-7-13(9-18-10)24(21,22)19-17(20)14-8-15(11-3-4-11)23-16(14)12-5-6-12/h2,7-9,11-12H,3-6H2,1H3,(H,19,20). The van der Waals surface area contributed by atoms with E-state index in [1.807, 2.05) is 0 Å². The maximum atomic E-state index is 12.5. The van der Waals surface area contributed by atoms with Crippen molar-refractivity contribution in [2.45, 2.75) is 49.3 Å². The Morgan fingerprint density at radius 1 is 1.21 bits per heavy atom. The summed E-state index contributed by atoms with van der Waals surface area (Å²) in [5.41, 5.74) is 1.06. The number of aryl methyl sites for hydroxylation is 1. The number of carbonyl (C=O) groups is 1. The first-order chi connectivity index (χ1) is 11.4. The molecular weight excluding hydrogens is 328 g/mol. The summed E-state index contributed by atoms with van der Waals surface area (Å²) in [6.45, 7) is 1.77. The molecule has 6 nitrogen and oxygen atoms in total. The first kappa shape index (κ1) is 15.4. The molecule has 2 aromatic heterocycles. The van der Waals surface area contributed by atoms with Crippen LogP contribution in [0.4, 0.5) is 0 Å². The van der Waals surface area contributed by atoms with Gasteiger partial charge in [0, 0.05) is 23.7 Å². The quantitative estimate of drug-likeness (QED) is 0.899. The zero-order valence-corrected chi connectivity index (χ0v) is 14.1. The van der Waals surface area contributed by atoms with Gasteiger partial charge < -0.3 is 4.42 Å². The van der Waals surface area contributed by atoms with E-state index in [0.717, 1.165) is 31.4 Å². The number of hydrogen-bond acceptors (Lipinski definition) is 5. The van der Waals surface area contributed by atoms with Gasteiger partial charge in [-0.05, 0) is 50.8 Å². The van der Waals surface area contributed by atoms with Crippen LogP contribution in [0.15, 0.2) is 33.7 Å². The summed E-state index contributed by atoms with van der Waals surface area (Å²) in [4.78, 5) is 16.5. The maximum absolute atomic E-state index is 12.5. The monoisotopic (exact) mass is 346 g/mol. The molecule has 24 heavy (non-hydrogen) atoms. The molecule has 2 aromatic rings. The number of hydrogen-bond donors (Lipinski definition) is 1. The van der Waals surface area contributed by atoms with Gasteiger partial charge in [-0.1, -0.05) is 0 Å². The third kappa shape index (κ3) is 2.96. The topological polar surface area (TPSA) is 89.3 Å². The van der Waals surface area contributed by atoms with E-state index in [9.17, 15) is 13.2 Å². The van der Waals surface area contributed by atoms with Crippen LogP contribution >= 0.6 is 0 Å². The van der Waals surface area contributed by atoms with Crippen molar-refractivity contribution in [1.29, 1.82) is 0 Å². The predicted molar refractivity (Wildman–Crippen MR) is 86.3 cm³/mol. The Bertz CT molecular complexity index is 891. The predicted octanol–water partition coefficient (Wildman–Crippen LogP) is 2.86. The Kier molecular flexibility index (Phi) is 3.49. The Balaban J connectivity index is 1.60. The van der Waals surface area contributed by atoms with E-state index in [1.54, 1.807) is 19.1 Å². The average molecular weight is 346 g/mol. The molecule has 0 spiro atoms.